The summed E-state index contributed by atoms with van der Waals surface area (Å²) < 4.78 is 5.24. The molecule has 170 valence electrons. The standard InChI is InChI=1S/C21H38N6O2S/c1-6-22-19(23-9-10-24-20(28)29-21(3,4)5)25-13-17-7-11-27(12-8-17)14-18-15-30-16(2)26-18/h15,17H,6-14H2,1-5H3,(H,24,28)(H2,22,23,25). The van der Waals surface area contributed by atoms with Crippen LogP contribution in [0.3, 0.4) is 0 Å². The number of carbonyl (C=O) groups is 1. The van der Waals surface area contributed by atoms with Crippen LogP contribution in [0.4, 0.5) is 4.79 Å². The van der Waals surface area contributed by atoms with E-state index in [4.69, 9.17) is 9.73 Å². The second-order valence-corrected chi connectivity index (χ2v) is 9.71. The zero-order chi connectivity index (χ0) is 22.0. The van der Waals surface area contributed by atoms with Crippen molar-refractivity contribution in [2.24, 2.45) is 10.9 Å². The fourth-order valence-electron chi connectivity index (χ4n) is 3.26. The summed E-state index contributed by atoms with van der Waals surface area (Å²) in [6, 6.07) is 0. The van der Waals surface area contributed by atoms with Crippen LogP contribution < -0.4 is 16.0 Å². The molecule has 0 unspecified atom stereocenters. The Bertz CT molecular complexity index is 677. The molecule has 2 rings (SSSR count). The summed E-state index contributed by atoms with van der Waals surface area (Å²) in [6.45, 7) is 15.5. The molecule has 8 nitrogen and oxygen atoms in total. The first-order chi connectivity index (χ1) is 14.2. The lowest BCUT2D eigenvalue weighted by Gasteiger charge is -2.30. The van der Waals surface area contributed by atoms with Gasteiger partial charge in [0.15, 0.2) is 5.96 Å². The van der Waals surface area contributed by atoms with Gasteiger partial charge in [-0.15, -0.1) is 11.3 Å². The Morgan fingerprint density at radius 1 is 1.27 bits per heavy atom. The van der Waals surface area contributed by atoms with Crippen LogP contribution in [0.1, 0.15) is 51.2 Å². The Morgan fingerprint density at radius 3 is 2.57 bits per heavy atom. The fourth-order valence-corrected chi connectivity index (χ4v) is 3.86. The van der Waals surface area contributed by atoms with E-state index in [9.17, 15) is 4.79 Å². The number of rotatable bonds is 8. The van der Waals surface area contributed by atoms with Crippen LogP contribution in [-0.4, -0.2) is 66.8 Å². The first-order valence-corrected chi connectivity index (χ1v) is 11.8. The molecule has 0 aliphatic carbocycles. The van der Waals surface area contributed by atoms with Gasteiger partial charge in [-0.25, -0.2) is 9.78 Å². The maximum Gasteiger partial charge on any atom is 0.407 e. The van der Waals surface area contributed by atoms with Crippen molar-refractivity contribution in [2.45, 2.75) is 59.6 Å². The van der Waals surface area contributed by atoms with Gasteiger partial charge in [0, 0.05) is 38.1 Å². The fraction of sp³-hybridized carbons (Fsp3) is 0.762. The number of guanidine groups is 1. The van der Waals surface area contributed by atoms with Crippen LogP contribution in [0.25, 0.3) is 0 Å². The van der Waals surface area contributed by atoms with E-state index in [-0.39, 0.29) is 0 Å². The highest BCUT2D eigenvalue weighted by molar-refractivity contribution is 7.09. The Hall–Kier alpha value is -1.87. The lowest BCUT2D eigenvalue weighted by Crippen LogP contribution is -2.43. The minimum atomic E-state index is -0.483. The van der Waals surface area contributed by atoms with Gasteiger partial charge in [-0.3, -0.25) is 9.89 Å². The van der Waals surface area contributed by atoms with Crippen LogP contribution in [0.5, 0.6) is 0 Å². The molecule has 1 aliphatic heterocycles. The molecule has 1 aromatic rings. The third-order valence-electron chi connectivity index (χ3n) is 4.70. The summed E-state index contributed by atoms with van der Waals surface area (Å²) in [5.74, 6) is 1.40. The first-order valence-electron chi connectivity index (χ1n) is 10.9. The van der Waals surface area contributed by atoms with E-state index in [1.807, 2.05) is 20.8 Å². The number of thiazole rings is 1. The highest BCUT2D eigenvalue weighted by atomic mass is 32.1. The summed E-state index contributed by atoms with van der Waals surface area (Å²) in [5.41, 5.74) is 0.704. The van der Waals surface area contributed by atoms with E-state index in [1.165, 1.54) is 5.69 Å². The number of aliphatic imine (C=N–C) groups is 1. The number of ether oxygens (including phenoxy) is 1. The molecule has 1 aliphatic rings. The normalized spacial score (nSPS) is 16.4. The van der Waals surface area contributed by atoms with E-state index in [2.05, 4.69) is 45.1 Å². The monoisotopic (exact) mass is 438 g/mol. The Morgan fingerprint density at radius 2 is 1.97 bits per heavy atom. The minimum absolute atomic E-state index is 0.397. The molecule has 30 heavy (non-hydrogen) atoms. The van der Waals surface area contributed by atoms with Gasteiger partial charge >= 0.3 is 6.09 Å². The summed E-state index contributed by atoms with van der Waals surface area (Å²) in [5, 5.41) is 12.6. The molecule has 0 radical (unpaired) electrons. The molecule has 0 saturated carbocycles. The lowest BCUT2D eigenvalue weighted by molar-refractivity contribution is 0.0529. The van der Waals surface area contributed by atoms with Gasteiger partial charge in [-0.2, -0.15) is 0 Å². The van der Waals surface area contributed by atoms with Crippen molar-refractivity contribution in [3.63, 3.8) is 0 Å². The van der Waals surface area contributed by atoms with Gasteiger partial charge in [0.1, 0.15) is 5.60 Å². The van der Waals surface area contributed by atoms with Crippen LogP contribution in [0, 0.1) is 12.8 Å². The molecule has 0 atom stereocenters. The minimum Gasteiger partial charge on any atom is -0.444 e. The predicted molar refractivity (Wildman–Crippen MR) is 123 cm³/mol. The maximum atomic E-state index is 11.7. The van der Waals surface area contributed by atoms with E-state index < -0.39 is 11.7 Å². The van der Waals surface area contributed by atoms with Gasteiger partial charge < -0.3 is 20.7 Å². The second kappa shape index (κ2) is 12.1. The lowest BCUT2D eigenvalue weighted by atomic mass is 9.97. The number of piperidine rings is 1. The van der Waals surface area contributed by atoms with E-state index in [1.54, 1.807) is 11.3 Å². The first kappa shape index (κ1) is 24.4. The SMILES string of the molecule is CCNC(=NCC1CCN(Cc2csc(C)n2)CC1)NCCNC(=O)OC(C)(C)C. The molecule has 0 spiro atoms. The van der Waals surface area contributed by atoms with Crippen LogP contribution in [0.15, 0.2) is 10.4 Å². The molecule has 9 heteroatoms. The van der Waals surface area contributed by atoms with Crippen LogP contribution in [-0.2, 0) is 11.3 Å². The average Bonchev–Trinajstić information content (AvgIpc) is 3.07. The van der Waals surface area contributed by atoms with Gasteiger partial charge in [0.05, 0.1) is 10.7 Å². The Balaban J connectivity index is 1.67. The molecule has 1 amide bonds. The topological polar surface area (TPSA) is 90.9 Å². The third-order valence-corrected chi connectivity index (χ3v) is 5.52. The molecule has 1 saturated heterocycles. The van der Waals surface area contributed by atoms with Crippen molar-refractivity contribution in [1.82, 2.24) is 25.8 Å². The highest BCUT2D eigenvalue weighted by Gasteiger charge is 2.20. The number of aromatic nitrogens is 1. The number of hydrogen-bond acceptors (Lipinski definition) is 6. The van der Waals surface area contributed by atoms with Crippen LogP contribution in [0.2, 0.25) is 0 Å². The summed E-state index contributed by atoms with van der Waals surface area (Å²) >= 11 is 1.72. The third kappa shape index (κ3) is 9.75. The molecule has 2 heterocycles. The van der Waals surface area contributed by atoms with E-state index >= 15 is 0 Å². The smallest absolute Gasteiger partial charge is 0.407 e. The molecular weight excluding hydrogens is 400 g/mol. The van der Waals surface area contributed by atoms with Gasteiger partial charge in [0.2, 0.25) is 0 Å². The highest BCUT2D eigenvalue weighted by Crippen LogP contribution is 2.20. The maximum absolute atomic E-state index is 11.7. The van der Waals surface area contributed by atoms with E-state index in [0.717, 1.165) is 56.5 Å². The van der Waals surface area contributed by atoms with E-state index in [0.29, 0.717) is 19.0 Å². The quantitative estimate of drug-likeness (QED) is 0.328. The largest absolute Gasteiger partial charge is 0.444 e. The molecule has 1 fully saturated rings. The van der Waals surface area contributed by atoms with Gasteiger partial charge in [-0.1, -0.05) is 0 Å². The zero-order valence-electron chi connectivity index (χ0n) is 19.1. The zero-order valence-corrected chi connectivity index (χ0v) is 19.9. The predicted octanol–water partition coefficient (Wildman–Crippen LogP) is 2.74. The van der Waals surface area contributed by atoms with Crippen molar-refractivity contribution >= 4 is 23.4 Å². The summed E-state index contributed by atoms with van der Waals surface area (Å²) in [7, 11) is 0. The van der Waals surface area contributed by atoms with Crippen molar-refractivity contribution in [1.29, 1.82) is 0 Å². The average molecular weight is 439 g/mol. The number of carbonyl (C=O) groups excluding carboxylic acids is 1. The number of likely N-dealkylation sites (tertiary alicyclic amines) is 1. The number of nitrogens with one attached hydrogen (secondary N) is 3. The Labute approximate surface area is 184 Å². The van der Waals surface area contributed by atoms with Crippen molar-refractivity contribution < 1.29 is 9.53 Å². The summed E-state index contributed by atoms with van der Waals surface area (Å²) in [4.78, 5) is 23.5. The number of amides is 1. The molecule has 0 aromatic carbocycles. The van der Waals surface area contributed by atoms with Crippen LogP contribution >= 0.6 is 11.3 Å². The molecule has 0 bridgehead atoms. The molecule has 3 N–H and O–H groups in total. The molecular formula is C21H38N6O2S. The second-order valence-electron chi connectivity index (χ2n) is 8.65. The van der Waals surface area contributed by atoms with Crippen molar-refractivity contribution in [3.05, 3.63) is 16.1 Å². The number of alkyl carbamates (subject to hydrolysis) is 1. The number of hydrogen-bond donors (Lipinski definition) is 3. The number of aryl methyl sites for hydroxylation is 1. The van der Waals surface area contributed by atoms with Gasteiger partial charge in [0.25, 0.3) is 0 Å². The molecule has 1 aromatic heterocycles. The summed E-state index contributed by atoms with van der Waals surface area (Å²) in [6.07, 6.45) is 1.92. The Kier molecular flexibility index (Phi) is 9.84. The van der Waals surface area contributed by atoms with Gasteiger partial charge in [-0.05, 0) is 66.5 Å². The van der Waals surface area contributed by atoms with Crippen molar-refractivity contribution in [2.75, 3.05) is 39.3 Å². The van der Waals surface area contributed by atoms with Crippen molar-refractivity contribution in [3.8, 4) is 0 Å². The number of nitrogens with zero attached hydrogens (tertiary/aromatic N) is 3.